The Labute approximate surface area is 174 Å². The molecule has 0 atom stereocenters. The Morgan fingerprint density at radius 3 is 2.20 bits per heavy atom. The molecule has 1 saturated heterocycles. The second-order valence-corrected chi connectivity index (χ2v) is 7.13. The molecule has 3 aromatic rings. The van der Waals surface area contributed by atoms with E-state index in [1.807, 2.05) is 19.1 Å². The summed E-state index contributed by atoms with van der Waals surface area (Å²) in [5.41, 5.74) is 3.61. The summed E-state index contributed by atoms with van der Waals surface area (Å²) in [6.45, 7) is 3.18. The highest BCUT2D eigenvalue weighted by Gasteiger charge is 2.21. The fourth-order valence-corrected chi connectivity index (χ4v) is 3.38. The van der Waals surface area contributed by atoms with Crippen molar-refractivity contribution in [1.29, 1.82) is 0 Å². The zero-order valence-corrected chi connectivity index (χ0v) is 16.5. The summed E-state index contributed by atoms with van der Waals surface area (Å²) in [6.07, 6.45) is 0. The topological polar surface area (TPSA) is 78.5 Å². The molecule has 4 rings (SSSR count). The van der Waals surface area contributed by atoms with E-state index in [4.69, 9.17) is 0 Å². The largest absolute Gasteiger partial charge is 0.336 e. The van der Waals surface area contributed by atoms with Gasteiger partial charge in [0.1, 0.15) is 0 Å². The number of anilines is 2. The van der Waals surface area contributed by atoms with Crippen molar-refractivity contribution in [3.05, 3.63) is 95.1 Å². The number of nitrogens with one attached hydrogen (secondary N) is 2. The van der Waals surface area contributed by atoms with Crippen LogP contribution in [0.15, 0.2) is 72.8 Å². The molecule has 3 aromatic carbocycles. The van der Waals surface area contributed by atoms with Crippen molar-refractivity contribution in [3.8, 4) is 0 Å². The standard InChI is InChI=1S/C24H21N3O3/c1-16-6-8-17(9-7-16)22(28)20-4-2-3-5-21(20)23(29)26-18-10-12-19(13-11-18)27-15-14-25-24(27)30/h2-13H,14-15H2,1H3,(H,25,30)(H,26,29). The lowest BCUT2D eigenvalue weighted by atomic mass is 9.97. The first-order valence-electron chi connectivity index (χ1n) is 9.70. The Bertz CT molecular complexity index is 1110. The zero-order valence-electron chi connectivity index (χ0n) is 16.5. The molecule has 1 aliphatic heterocycles. The number of amides is 3. The highest BCUT2D eigenvalue weighted by Crippen LogP contribution is 2.21. The second-order valence-electron chi connectivity index (χ2n) is 7.13. The molecule has 1 fully saturated rings. The number of ketones is 1. The average molecular weight is 399 g/mol. The molecular formula is C24H21N3O3. The van der Waals surface area contributed by atoms with Gasteiger partial charge in [0.25, 0.3) is 5.91 Å². The molecule has 0 spiro atoms. The predicted molar refractivity (Wildman–Crippen MR) is 116 cm³/mol. The highest BCUT2D eigenvalue weighted by molar-refractivity contribution is 6.17. The summed E-state index contributed by atoms with van der Waals surface area (Å²) in [7, 11) is 0. The minimum absolute atomic E-state index is 0.129. The first kappa shape index (κ1) is 19.4. The lowest BCUT2D eigenvalue weighted by molar-refractivity contribution is 0.0996. The normalized spacial score (nSPS) is 13.1. The van der Waals surface area contributed by atoms with Crippen LogP contribution in [0, 0.1) is 6.92 Å². The van der Waals surface area contributed by atoms with Crippen molar-refractivity contribution in [2.45, 2.75) is 6.92 Å². The van der Waals surface area contributed by atoms with Gasteiger partial charge < -0.3 is 10.6 Å². The molecular weight excluding hydrogens is 378 g/mol. The summed E-state index contributed by atoms with van der Waals surface area (Å²) in [5, 5.41) is 5.59. The molecule has 6 heteroatoms. The minimum Gasteiger partial charge on any atom is -0.336 e. The van der Waals surface area contributed by atoms with Crippen LogP contribution in [0.1, 0.15) is 31.8 Å². The van der Waals surface area contributed by atoms with Crippen molar-refractivity contribution < 1.29 is 14.4 Å². The molecule has 6 nitrogen and oxygen atoms in total. The third-order valence-electron chi connectivity index (χ3n) is 5.02. The SMILES string of the molecule is Cc1ccc(C(=O)c2ccccc2C(=O)Nc2ccc(N3CCNC3=O)cc2)cc1. The van der Waals surface area contributed by atoms with Crippen molar-refractivity contribution in [3.63, 3.8) is 0 Å². The van der Waals surface area contributed by atoms with E-state index in [2.05, 4.69) is 10.6 Å². The third kappa shape index (κ3) is 3.93. The molecule has 30 heavy (non-hydrogen) atoms. The van der Waals surface area contributed by atoms with Gasteiger partial charge in [0.15, 0.2) is 5.78 Å². The molecule has 1 heterocycles. The maximum absolute atomic E-state index is 12.9. The van der Waals surface area contributed by atoms with Crippen LogP contribution >= 0.6 is 0 Å². The van der Waals surface area contributed by atoms with E-state index >= 15 is 0 Å². The number of urea groups is 1. The van der Waals surface area contributed by atoms with Gasteiger partial charge in [0.2, 0.25) is 0 Å². The van der Waals surface area contributed by atoms with Gasteiger partial charge in [-0.25, -0.2) is 4.79 Å². The number of benzene rings is 3. The Balaban J connectivity index is 1.53. The van der Waals surface area contributed by atoms with E-state index in [1.54, 1.807) is 65.6 Å². The lowest BCUT2D eigenvalue weighted by Crippen LogP contribution is -2.27. The first-order valence-corrected chi connectivity index (χ1v) is 9.70. The van der Waals surface area contributed by atoms with Gasteiger partial charge in [0.05, 0.1) is 5.56 Å². The van der Waals surface area contributed by atoms with Gasteiger partial charge in [-0.2, -0.15) is 0 Å². The average Bonchev–Trinajstić information content (AvgIpc) is 3.20. The van der Waals surface area contributed by atoms with Gasteiger partial charge in [-0.3, -0.25) is 14.5 Å². The van der Waals surface area contributed by atoms with Crippen molar-refractivity contribution in [1.82, 2.24) is 5.32 Å². The summed E-state index contributed by atoms with van der Waals surface area (Å²) in [6, 6.07) is 21.0. The summed E-state index contributed by atoms with van der Waals surface area (Å²) in [4.78, 5) is 39.2. The Hall–Kier alpha value is -3.93. The third-order valence-corrected chi connectivity index (χ3v) is 5.02. The molecule has 0 aromatic heterocycles. The second kappa shape index (κ2) is 8.21. The Morgan fingerprint density at radius 2 is 1.57 bits per heavy atom. The highest BCUT2D eigenvalue weighted by atomic mass is 16.2. The van der Waals surface area contributed by atoms with Crippen LogP contribution < -0.4 is 15.5 Å². The first-order chi connectivity index (χ1) is 14.5. The monoisotopic (exact) mass is 399 g/mol. The smallest absolute Gasteiger partial charge is 0.321 e. The number of nitrogens with zero attached hydrogens (tertiary/aromatic N) is 1. The fraction of sp³-hybridized carbons (Fsp3) is 0.125. The van der Waals surface area contributed by atoms with Crippen molar-refractivity contribution >= 4 is 29.1 Å². The molecule has 0 radical (unpaired) electrons. The Morgan fingerprint density at radius 1 is 0.900 bits per heavy atom. The van der Waals surface area contributed by atoms with Crippen LogP contribution in [0.25, 0.3) is 0 Å². The number of rotatable bonds is 5. The van der Waals surface area contributed by atoms with E-state index in [1.165, 1.54) is 0 Å². The molecule has 150 valence electrons. The van der Waals surface area contributed by atoms with E-state index in [-0.39, 0.29) is 17.7 Å². The molecule has 0 bridgehead atoms. The van der Waals surface area contributed by atoms with E-state index in [9.17, 15) is 14.4 Å². The van der Waals surface area contributed by atoms with Crippen molar-refractivity contribution in [2.24, 2.45) is 0 Å². The van der Waals surface area contributed by atoms with Gasteiger partial charge in [-0.1, -0.05) is 48.0 Å². The summed E-state index contributed by atoms with van der Waals surface area (Å²) >= 11 is 0. The van der Waals surface area contributed by atoms with Crippen LogP contribution in [0.4, 0.5) is 16.2 Å². The van der Waals surface area contributed by atoms with Gasteiger partial charge in [-0.05, 0) is 37.3 Å². The van der Waals surface area contributed by atoms with Crippen LogP contribution in [0.5, 0.6) is 0 Å². The van der Waals surface area contributed by atoms with Crippen molar-refractivity contribution in [2.75, 3.05) is 23.3 Å². The van der Waals surface area contributed by atoms with Gasteiger partial charge in [-0.15, -0.1) is 0 Å². The number of hydrogen-bond acceptors (Lipinski definition) is 3. The predicted octanol–water partition coefficient (Wildman–Crippen LogP) is 4.01. The minimum atomic E-state index is -0.363. The molecule has 0 aliphatic carbocycles. The van der Waals surface area contributed by atoms with Crippen LogP contribution in [-0.2, 0) is 0 Å². The number of hydrogen-bond donors (Lipinski definition) is 2. The number of carbonyl (C=O) groups is 3. The quantitative estimate of drug-likeness (QED) is 0.637. The Kier molecular flexibility index (Phi) is 5.30. The molecule has 0 saturated carbocycles. The van der Waals surface area contributed by atoms with Crippen LogP contribution in [0.3, 0.4) is 0 Å². The maximum atomic E-state index is 12.9. The molecule has 3 amide bonds. The van der Waals surface area contributed by atoms with E-state index in [0.717, 1.165) is 11.3 Å². The lowest BCUT2D eigenvalue weighted by Gasteiger charge is -2.15. The summed E-state index contributed by atoms with van der Waals surface area (Å²) in [5.74, 6) is -0.561. The number of carbonyl (C=O) groups excluding carboxylic acids is 3. The molecule has 0 unspecified atom stereocenters. The van der Waals surface area contributed by atoms with E-state index in [0.29, 0.717) is 35.5 Å². The number of aryl methyl sites for hydroxylation is 1. The zero-order chi connectivity index (χ0) is 21.1. The molecule has 1 aliphatic rings. The van der Waals surface area contributed by atoms with Crippen LogP contribution in [-0.4, -0.2) is 30.8 Å². The van der Waals surface area contributed by atoms with E-state index < -0.39 is 0 Å². The van der Waals surface area contributed by atoms with Crippen LogP contribution in [0.2, 0.25) is 0 Å². The molecule has 2 N–H and O–H groups in total. The van der Waals surface area contributed by atoms with Gasteiger partial charge >= 0.3 is 6.03 Å². The van der Waals surface area contributed by atoms with Gasteiger partial charge in [0, 0.05) is 35.6 Å². The maximum Gasteiger partial charge on any atom is 0.321 e. The summed E-state index contributed by atoms with van der Waals surface area (Å²) < 4.78 is 0. The fourth-order valence-electron chi connectivity index (χ4n) is 3.38.